The number of nitrogens with zero attached hydrogens (tertiary/aromatic N) is 1. The molecule has 0 radical (unpaired) electrons. The Morgan fingerprint density at radius 2 is 2.05 bits per heavy atom. The molecule has 0 aromatic carbocycles. The van der Waals surface area contributed by atoms with Gasteiger partial charge in [0.15, 0.2) is 11.8 Å². The fourth-order valence-electron chi connectivity index (χ4n) is 1.43. The Kier molecular flexibility index (Phi) is 7.37. The van der Waals surface area contributed by atoms with Gasteiger partial charge in [0.1, 0.15) is 9.36 Å². The second kappa shape index (κ2) is 8.53. The lowest BCUT2D eigenvalue weighted by atomic mass is 10.1. The highest BCUT2D eigenvalue weighted by Gasteiger charge is 2.29. The number of carbonyl (C=O) groups excluding carboxylic acids is 2. The van der Waals surface area contributed by atoms with Crippen molar-refractivity contribution in [2.75, 3.05) is 20.3 Å². The van der Waals surface area contributed by atoms with Crippen LogP contribution in [0, 0.1) is 5.92 Å². The molecule has 1 N–H and O–H groups in total. The van der Waals surface area contributed by atoms with Crippen LogP contribution in [0.25, 0.3) is 0 Å². The molecule has 118 valence electrons. The summed E-state index contributed by atoms with van der Waals surface area (Å²) in [6.45, 7) is 4.24. The molecule has 1 aromatic rings. The Bertz CT molecular complexity index is 507. The summed E-state index contributed by atoms with van der Waals surface area (Å²) >= 11 is 12.5. The largest absolute Gasteiger partial charge is 0.447 e. The van der Waals surface area contributed by atoms with Crippen molar-refractivity contribution in [3.63, 3.8) is 0 Å². The molecule has 1 rings (SSSR count). The van der Waals surface area contributed by atoms with Gasteiger partial charge in [-0.05, 0) is 17.5 Å². The summed E-state index contributed by atoms with van der Waals surface area (Å²) in [6.07, 6.45) is -0.939. The summed E-state index contributed by atoms with van der Waals surface area (Å²) in [4.78, 5) is 24.0. The molecule has 6 nitrogen and oxygen atoms in total. The molecule has 0 saturated heterocycles. The molecule has 0 unspecified atom stereocenters. The van der Waals surface area contributed by atoms with Crippen molar-refractivity contribution in [3.8, 4) is 0 Å². The van der Waals surface area contributed by atoms with Crippen LogP contribution in [0.5, 0.6) is 0 Å². The van der Waals surface area contributed by atoms with Gasteiger partial charge in [-0.3, -0.25) is 4.79 Å². The number of nitrogens with one attached hydrogen (secondary N) is 1. The van der Waals surface area contributed by atoms with E-state index in [0.29, 0.717) is 13.2 Å². The fraction of sp³-hybridized carbons (Fsp3) is 0.583. The van der Waals surface area contributed by atoms with Crippen LogP contribution in [0.2, 0.25) is 9.36 Å². The average Bonchev–Trinajstić information content (AvgIpc) is 2.76. The van der Waals surface area contributed by atoms with Crippen LogP contribution in [-0.2, 0) is 14.3 Å². The van der Waals surface area contributed by atoms with Crippen LogP contribution in [0.3, 0.4) is 0 Å². The first-order chi connectivity index (χ1) is 9.88. The number of ether oxygens (including phenoxy) is 2. The van der Waals surface area contributed by atoms with Crippen molar-refractivity contribution >= 4 is 46.6 Å². The molecule has 0 aliphatic carbocycles. The van der Waals surface area contributed by atoms with Crippen molar-refractivity contribution in [1.29, 1.82) is 0 Å². The maximum absolute atomic E-state index is 12.0. The van der Waals surface area contributed by atoms with Crippen LogP contribution in [0.15, 0.2) is 0 Å². The first-order valence-electron chi connectivity index (χ1n) is 6.16. The lowest BCUT2D eigenvalue weighted by Crippen LogP contribution is -2.42. The highest BCUT2D eigenvalue weighted by molar-refractivity contribution is 7.11. The lowest BCUT2D eigenvalue weighted by Gasteiger charge is -2.20. The van der Waals surface area contributed by atoms with Gasteiger partial charge in [0.25, 0.3) is 5.91 Å². The Labute approximate surface area is 136 Å². The third kappa shape index (κ3) is 5.10. The van der Waals surface area contributed by atoms with Gasteiger partial charge in [0, 0.05) is 13.7 Å². The Balaban J connectivity index is 2.72. The molecule has 0 fully saturated rings. The van der Waals surface area contributed by atoms with Crippen molar-refractivity contribution in [1.82, 2.24) is 9.69 Å². The van der Waals surface area contributed by atoms with E-state index in [0.717, 1.165) is 11.5 Å². The number of halogens is 2. The zero-order valence-corrected chi connectivity index (χ0v) is 14.1. The normalized spacial score (nSPS) is 12.3. The summed E-state index contributed by atoms with van der Waals surface area (Å²) < 4.78 is 14.0. The lowest BCUT2D eigenvalue weighted by molar-refractivity contribution is -0.132. The number of carbonyl (C=O) groups is 2. The maximum atomic E-state index is 12.0. The van der Waals surface area contributed by atoms with E-state index in [9.17, 15) is 9.59 Å². The zero-order valence-electron chi connectivity index (χ0n) is 11.8. The number of amides is 1. The number of hydrogen-bond acceptors (Lipinski definition) is 6. The molecular weight excluding hydrogens is 339 g/mol. The third-order valence-corrected chi connectivity index (χ3v) is 4.11. The van der Waals surface area contributed by atoms with E-state index in [4.69, 9.17) is 32.7 Å². The highest BCUT2D eigenvalue weighted by atomic mass is 35.5. The first kappa shape index (κ1) is 18.2. The summed E-state index contributed by atoms with van der Waals surface area (Å²) in [5.74, 6) is -1.37. The molecular formula is C12H16Cl2N2O4S. The van der Waals surface area contributed by atoms with Crippen molar-refractivity contribution < 1.29 is 19.1 Å². The zero-order chi connectivity index (χ0) is 16.0. The van der Waals surface area contributed by atoms with Gasteiger partial charge < -0.3 is 14.8 Å². The van der Waals surface area contributed by atoms with E-state index in [1.165, 1.54) is 7.11 Å². The Hall–Kier alpha value is -0.890. The molecule has 0 spiro atoms. The summed E-state index contributed by atoms with van der Waals surface area (Å²) in [5, 5.41) is 2.66. The molecule has 0 bridgehead atoms. The van der Waals surface area contributed by atoms with Crippen LogP contribution >= 0.6 is 34.7 Å². The van der Waals surface area contributed by atoms with Crippen LogP contribution in [-0.4, -0.2) is 42.6 Å². The maximum Gasteiger partial charge on any atom is 0.360 e. The monoisotopic (exact) mass is 354 g/mol. The third-order valence-electron chi connectivity index (χ3n) is 2.49. The number of methoxy groups -OCH3 is 1. The highest BCUT2D eigenvalue weighted by Crippen LogP contribution is 2.30. The van der Waals surface area contributed by atoms with Gasteiger partial charge in [-0.1, -0.05) is 37.0 Å². The van der Waals surface area contributed by atoms with Crippen molar-refractivity contribution in [3.05, 3.63) is 15.1 Å². The Morgan fingerprint density at radius 3 is 2.52 bits per heavy atom. The van der Waals surface area contributed by atoms with Gasteiger partial charge in [-0.2, -0.15) is 4.37 Å². The van der Waals surface area contributed by atoms with Crippen LogP contribution < -0.4 is 5.32 Å². The molecule has 9 heteroatoms. The van der Waals surface area contributed by atoms with Crippen LogP contribution in [0.4, 0.5) is 0 Å². The standard InChI is InChI=1S/C12H16Cl2N2O4S/c1-6(2)9(11(17)15-4-5-19-3)20-12(18)8-7(13)10(14)21-16-8/h6,9H,4-5H2,1-3H3,(H,15,17)/t9-/m1/s1. The molecule has 1 heterocycles. The van der Waals surface area contributed by atoms with E-state index < -0.39 is 18.0 Å². The molecule has 21 heavy (non-hydrogen) atoms. The van der Waals surface area contributed by atoms with E-state index in [1.807, 2.05) is 0 Å². The minimum Gasteiger partial charge on any atom is -0.447 e. The second-order valence-electron chi connectivity index (χ2n) is 4.47. The van der Waals surface area contributed by atoms with Gasteiger partial charge >= 0.3 is 5.97 Å². The van der Waals surface area contributed by atoms with E-state index in [2.05, 4.69) is 9.69 Å². The summed E-state index contributed by atoms with van der Waals surface area (Å²) in [7, 11) is 1.53. The molecule has 1 amide bonds. The SMILES string of the molecule is COCCNC(=O)[C@H](OC(=O)c1nsc(Cl)c1Cl)C(C)C. The smallest absolute Gasteiger partial charge is 0.360 e. The summed E-state index contributed by atoms with van der Waals surface area (Å²) in [5.41, 5.74) is -0.0815. The van der Waals surface area contributed by atoms with Gasteiger partial charge in [0.2, 0.25) is 0 Å². The second-order valence-corrected chi connectivity index (χ2v) is 6.23. The fourth-order valence-corrected chi connectivity index (χ4v) is 2.41. The minimum atomic E-state index is -0.939. The first-order valence-corrected chi connectivity index (χ1v) is 7.69. The molecule has 1 atom stereocenters. The number of hydrogen-bond donors (Lipinski definition) is 1. The topological polar surface area (TPSA) is 77.5 Å². The molecule has 1 aromatic heterocycles. The molecule has 0 aliphatic heterocycles. The van der Waals surface area contributed by atoms with Crippen molar-refractivity contribution in [2.24, 2.45) is 5.92 Å². The van der Waals surface area contributed by atoms with E-state index in [1.54, 1.807) is 13.8 Å². The average molecular weight is 355 g/mol. The van der Waals surface area contributed by atoms with Crippen molar-refractivity contribution in [2.45, 2.75) is 20.0 Å². The van der Waals surface area contributed by atoms with E-state index in [-0.39, 0.29) is 21.0 Å². The number of rotatable bonds is 7. The molecule has 0 saturated carbocycles. The quantitative estimate of drug-likeness (QED) is 0.600. The summed E-state index contributed by atoms with van der Waals surface area (Å²) in [6, 6.07) is 0. The number of aromatic nitrogens is 1. The predicted molar refractivity (Wildman–Crippen MR) is 81.1 cm³/mol. The minimum absolute atomic E-state index is 0.0361. The molecule has 0 aliphatic rings. The predicted octanol–water partition coefficient (Wildman–Crippen LogP) is 2.39. The van der Waals surface area contributed by atoms with Gasteiger partial charge in [-0.25, -0.2) is 4.79 Å². The van der Waals surface area contributed by atoms with Crippen LogP contribution in [0.1, 0.15) is 24.3 Å². The Morgan fingerprint density at radius 1 is 1.38 bits per heavy atom. The van der Waals surface area contributed by atoms with Gasteiger partial charge in [-0.15, -0.1) is 0 Å². The van der Waals surface area contributed by atoms with Gasteiger partial charge in [0.05, 0.1) is 6.61 Å². The van der Waals surface area contributed by atoms with E-state index >= 15 is 0 Å². The number of esters is 1.